The normalized spacial score (nSPS) is 10.9. The van der Waals surface area contributed by atoms with E-state index < -0.39 is 6.61 Å². The van der Waals surface area contributed by atoms with Gasteiger partial charge in [0.1, 0.15) is 5.75 Å². The Kier molecular flexibility index (Phi) is 3.17. The first-order valence-electron chi connectivity index (χ1n) is 4.01. The number of hydrogen-bond donors (Lipinski definition) is 0. The molecule has 0 saturated carbocycles. The van der Waals surface area contributed by atoms with Crippen molar-refractivity contribution in [3.63, 3.8) is 0 Å². The molecule has 1 heterocycles. The van der Waals surface area contributed by atoms with Crippen molar-refractivity contribution in [3.05, 3.63) is 24.0 Å². The molecule has 13 heavy (non-hydrogen) atoms. The first kappa shape index (κ1) is 9.89. The van der Waals surface area contributed by atoms with E-state index >= 15 is 0 Å². The predicted molar refractivity (Wildman–Crippen MR) is 45.0 cm³/mol. The number of pyridine rings is 1. The van der Waals surface area contributed by atoms with Gasteiger partial charge in [-0.25, -0.2) is 0 Å². The van der Waals surface area contributed by atoms with Crippen molar-refractivity contribution in [2.24, 2.45) is 0 Å². The molecule has 2 nitrogen and oxygen atoms in total. The van der Waals surface area contributed by atoms with Gasteiger partial charge in [-0.3, -0.25) is 4.98 Å². The van der Waals surface area contributed by atoms with Gasteiger partial charge in [-0.05, 0) is 18.1 Å². The van der Waals surface area contributed by atoms with Crippen LogP contribution < -0.4 is 4.74 Å². The van der Waals surface area contributed by atoms with Crippen molar-refractivity contribution in [3.8, 4) is 5.75 Å². The van der Waals surface area contributed by atoms with Gasteiger partial charge < -0.3 is 4.74 Å². The zero-order valence-corrected chi connectivity index (χ0v) is 7.50. The highest BCUT2D eigenvalue weighted by Gasteiger charge is 2.12. The van der Waals surface area contributed by atoms with Gasteiger partial charge in [0.25, 0.3) is 0 Å². The number of nitrogens with zero attached hydrogens (tertiary/aromatic N) is 1. The van der Waals surface area contributed by atoms with Crippen LogP contribution in [0.2, 0.25) is 0 Å². The topological polar surface area (TPSA) is 22.1 Å². The highest BCUT2D eigenvalue weighted by atomic mass is 19.3. The van der Waals surface area contributed by atoms with Gasteiger partial charge in [0.05, 0.1) is 5.69 Å². The summed E-state index contributed by atoms with van der Waals surface area (Å²) >= 11 is 0. The van der Waals surface area contributed by atoms with Crippen molar-refractivity contribution in [1.82, 2.24) is 4.98 Å². The van der Waals surface area contributed by atoms with E-state index in [2.05, 4.69) is 9.72 Å². The van der Waals surface area contributed by atoms with Crippen molar-refractivity contribution in [2.75, 3.05) is 0 Å². The van der Waals surface area contributed by atoms with Gasteiger partial charge in [0.15, 0.2) is 0 Å². The van der Waals surface area contributed by atoms with Gasteiger partial charge in [-0.1, -0.05) is 13.8 Å². The monoisotopic (exact) mass is 187 g/mol. The van der Waals surface area contributed by atoms with E-state index in [0.29, 0.717) is 5.69 Å². The molecule has 0 aromatic carbocycles. The lowest BCUT2D eigenvalue weighted by Gasteiger charge is -2.11. The Morgan fingerprint density at radius 2 is 2.08 bits per heavy atom. The van der Waals surface area contributed by atoms with Gasteiger partial charge in [0.2, 0.25) is 0 Å². The molecule has 0 radical (unpaired) electrons. The molecule has 0 amide bonds. The Morgan fingerprint density at radius 3 is 2.62 bits per heavy atom. The van der Waals surface area contributed by atoms with Crippen LogP contribution in [-0.4, -0.2) is 11.6 Å². The standard InChI is InChI=1S/C9H11F2NO/c1-6(2)8-7(13-9(10)11)4-3-5-12-8/h3-6,9H,1-2H3. The summed E-state index contributed by atoms with van der Waals surface area (Å²) in [6.45, 7) is 0.961. The maximum Gasteiger partial charge on any atom is 0.387 e. The van der Waals surface area contributed by atoms with Crippen molar-refractivity contribution in [1.29, 1.82) is 0 Å². The molecule has 4 heteroatoms. The van der Waals surface area contributed by atoms with E-state index in [0.717, 1.165) is 0 Å². The average Bonchev–Trinajstić information content (AvgIpc) is 2.03. The van der Waals surface area contributed by atoms with Crippen LogP contribution in [0.1, 0.15) is 25.5 Å². The number of ether oxygens (including phenoxy) is 1. The Balaban J connectivity index is 2.91. The minimum absolute atomic E-state index is 0.0787. The molecule has 0 aliphatic heterocycles. The van der Waals surface area contributed by atoms with Gasteiger partial charge >= 0.3 is 6.61 Å². The van der Waals surface area contributed by atoms with Crippen LogP contribution in [0, 0.1) is 0 Å². The SMILES string of the molecule is CC(C)c1ncccc1OC(F)F. The zero-order chi connectivity index (χ0) is 9.84. The summed E-state index contributed by atoms with van der Waals surface area (Å²) in [5.41, 5.74) is 0.558. The Hall–Kier alpha value is -1.19. The van der Waals surface area contributed by atoms with Crippen LogP contribution in [-0.2, 0) is 0 Å². The predicted octanol–water partition coefficient (Wildman–Crippen LogP) is 2.81. The van der Waals surface area contributed by atoms with Crippen LogP contribution in [0.4, 0.5) is 8.78 Å². The summed E-state index contributed by atoms with van der Waals surface area (Å²) in [5, 5.41) is 0. The molecular weight excluding hydrogens is 176 g/mol. The van der Waals surface area contributed by atoms with Crippen LogP contribution in [0.15, 0.2) is 18.3 Å². The number of hydrogen-bond acceptors (Lipinski definition) is 2. The molecule has 0 unspecified atom stereocenters. The summed E-state index contributed by atoms with van der Waals surface area (Å²) in [5.74, 6) is 0.238. The summed E-state index contributed by atoms with van der Waals surface area (Å²) in [6, 6.07) is 3.07. The molecule has 0 N–H and O–H groups in total. The number of rotatable bonds is 3. The van der Waals surface area contributed by atoms with E-state index in [1.165, 1.54) is 6.07 Å². The lowest BCUT2D eigenvalue weighted by molar-refractivity contribution is -0.0508. The number of halogens is 2. The second-order valence-corrected chi connectivity index (χ2v) is 2.92. The second kappa shape index (κ2) is 4.16. The van der Waals surface area contributed by atoms with Crippen molar-refractivity contribution in [2.45, 2.75) is 26.4 Å². The lowest BCUT2D eigenvalue weighted by Crippen LogP contribution is -2.06. The Bertz CT molecular complexity index is 276. The molecule has 1 rings (SSSR count). The highest BCUT2D eigenvalue weighted by Crippen LogP contribution is 2.24. The quantitative estimate of drug-likeness (QED) is 0.725. The molecule has 0 fully saturated rings. The summed E-state index contributed by atoms with van der Waals surface area (Å²) < 4.78 is 28.1. The third-order valence-electron chi connectivity index (χ3n) is 1.56. The largest absolute Gasteiger partial charge is 0.433 e. The molecule has 0 saturated heterocycles. The molecule has 0 aliphatic carbocycles. The van der Waals surface area contributed by atoms with Crippen LogP contribution in [0.5, 0.6) is 5.75 Å². The minimum Gasteiger partial charge on any atom is -0.433 e. The molecule has 1 aromatic rings. The zero-order valence-electron chi connectivity index (χ0n) is 7.50. The van der Waals surface area contributed by atoms with Crippen LogP contribution >= 0.6 is 0 Å². The summed E-state index contributed by atoms with van der Waals surface area (Å²) in [6.07, 6.45) is 1.56. The van der Waals surface area contributed by atoms with E-state index in [4.69, 9.17) is 0 Å². The number of aromatic nitrogens is 1. The third kappa shape index (κ3) is 2.65. The fourth-order valence-electron chi connectivity index (χ4n) is 1.03. The fourth-order valence-corrected chi connectivity index (χ4v) is 1.03. The van der Waals surface area contributed by atoms with E-state index in [9.17, 15) is 8.78 Å². The molecule has 0 aliphatic rings. The van der Waals surface area contributed by atoms with Gasteiger partial charge in [-0.15, -0.1) is 0 Å². The van der Waals surface area contributed by atoms with Crippen molar-refractivity contribution >= 4 is 0 Å². The third-order valence-corrected chi connectivity index (χ3v) is 1.56. The molecule has 72 valence electrons. The molecule has 0 bridgehead atoms. The van der Waals surface area contributed by atoms with E-state index in [-0.39, 0.29) is 11.7 Å². The Labute approximate surface area is 75.6 Å². The summed E-state index contributed by atoms with van der Waals surface area (Å²) in [7, 11) is 0. The molecule has 0 spiro atoms. The minimum atomic E-state index is -2.79. The highest BCUT2D eigenvalue weighted by molar-refractivity contribution is 5.29. The van der Waals surface area contributed by atoms with E-state index in [1.807, 2.05) is 13.8 Å². The smallest absolute Gasteiger partial charge is 0.387 e. The maximum atomic E-state index is 11.9. The first-order valence-corrected chi connectivity index (χ1v) is 4.01. The van der Waals surface area contributed by atoms with E-state index in [1.54, 1.807) is 12.3 Å². The second-order valence-electron chi connectivity index (χ2n) is 2.92. The lowest BCUT2D eigenvalue weighted by atomic mass is 10.1. The summed E-state index contributed by atoms with van der Waals surface area (Å²) in [4.78, 5) is 3.97. The Morgan fingerprint density at radius 1 is 1.38 bits per heavy atom. The fraction of sp³-hybridized carbons (Fsp3) is 0.444. The number of alkyl halides is 2. The van der Waals surface area contributed by atoms with Gasteiger partial charge in [-0.2, -0.15) is 8.78 Å². The molecule has 1 aromatic heterocycles. The average molecular weight is 187 g/mol. The first-order chi connectivity index (χ1) is 6.11. The maximum absolute atomic E-state index is 11.9. The van der Waals surface area contributed by atoms with Crippen LogP contribution in [0.3, 0.4) is 0 Å². The molecular formula is C9H11F2NO. The van der Waals surface area contributed by atoms with Gasteiger partial charge in [0, 0.05) is 6.20 Å². The van der Waals surface area contributed by atoms with Crippen LogP contribution in [0.25, 0.3) is 0 Å². The molecule has 0 atom stereocenters. The van der Waals surface area contributed by atoms with Crippen molar-refractivity contribution < 1.29 is 13.5 Å².